The lowest BCUT2D eigenvalue weighted by Crippen LogP contribution is -2.12. The standard InChI is InChI=1S/C19H18N2OS4/c1-12-16(26-18(20-12)14-6-9-23-11-14)17(22)21-15-5-2-4-13(10-15)19-24-7-3-8-25-19/h2,4-6,9-11,19H,3,7-8H2,1H3,(H,21,22). The Kier molecular flexibility index (Phi) is 5.69. The summed E-state index contributed by atoms with van der Waals surface area (Å²) in [5.74, 6) is 2.34. The lowest BCUT2D eigenvalue weighted by Gasteiger charge is -2.21. The van der Waals surface area contributed by atoms with Gasteiger partial charge < -0.3 is 5.32 Å². The van der Waals surface area contributed by atoms with Gasteiger partial charge in [-0.15, -0.1) is 34.9 Å². The highest BCUT2D eigenvalue weighted by Crippen LogP contribution is 2.44. The molecule has 1 saturated heterocycles. The summed E-state index contributed by atoms with van der Waals surface area (Å²) < 4.78 is 0.468. The van der Waals surface area contributed by atoms with Gasteiger partial charge in [0.05, 0.1) is 10.3 Å². The van der Waals surface area contributed by atoms with E-state index in [1.165, 1.54) is 34.8 Å². The number of aromatic nitrogens is 1. The highest BCUT2D eigenvalue weighted by atomic mass is 32.2. The van der Waals surface area contributed by atoms with Crippen LogP contribution in [0.25, 0.3) is 10.6 Å². The lowest BCUT2D eigenvalue weighted by atomic mass is 10.2. The molecule has 134 valence electrons. The molecule has 1 amide bonds. The van der Waals surface area contributed by atoms with Crippen LogP contribution in [0.5, 0.6) is 0 Å². The highest BCUT2D eigenvalue weighted by molar-refractivity contribution is 8.16. The second-order valence-corrected chi connectivity index (χ2v) is 10.5. The summed E-state index contributed by atoms with van der Waals surface area (Å²) in [5, 5.41) is 8.04. The molecule has 0 aliphatic carbocycles. The number of thiophene rings is 1. The zero-order valence-corrected chi connectivity index (χ0v) is 17.5. The zero-order chi connectivity index (χ0) is 17.9. The predicted molar refractivity (Wildman–Crippen MR) is 117 cm³/mol. The number of nitrogens with one attached hydrogen (secondary N) is 1. The van der Waals surface area contributed by atoms with Crippen LogP contribution in [0.1, 0.15) is 31.9 Å². The van der Waals surface area contributed by atoms with Crippen molar-refractivity contribution in [2.45, 2.75) is 17.9 Å². The first-order valence-corrected chi connectivity index (χ1v) is 12.2. The van der Waals surface area contributed by atoms with E-state index in [1.807, 2.05) is 54.0 Å². The number of hydrogen-bond donors (Lipinski definition) is 1. The number of hydrogen-bond acceptors (Lipinski definition) is 6. The number of rotatable bonds is 4. The molecule has 0 spiro atoms. The summed E-state index contributed by atoms with van der Waals surface area (Å²) in [7, 11) is 0. The van der Waals surface area contributed by atoms with Crippen molar-refractivity contribution < 1.29 is 4.79 Å². The minimum Gasteiger partial charge on any atom is -0.321 e. The van der Waals surface area contributed by atoms with Gasteiger partial charge in [0.25, 0.3) is 5.91 Å². The van der Waals surface area contributed by atoms with E-state index in [2.05, 4.69) is 27.8 Å². The second-order valence-electron chi connectivity index (χ2n) is 5.95. The SMILES string of the molecule is Cc1nc(-c2ccsc2)sc1C(=O)Nc1cccc(C2SCCCS2)c1. The van der Waals surface area contributed by atoms with Gasteiger partial charge in [-0.2, -0.15) is 11.3 Å². The molecule has 0 bridgehead atoms. The molecule has 1 N–H and O–H groups in total. The number of anilines is 1. The third-order valence-corrected chi connectivity index (χ3v) is 8.92. The molecule has 3 aromatic rings. The Morgan fingerprint density at radius 1 is 1.23 bits per heavy atom. The van der Waals surface area contributed by atoms with Crippen molar-refractivity contribution in [2.24, 2.45) is 0 Å². The summed E-state index contributed by atoms with van der Waals surface area (Å²) in [6.45, 7) is 1.90. The van der Waals surface area contributed by atoms with Gasteiger partial charge in [-0.05, 0) is 54.0 Å². The Labute approximate surface area is 169 Å². The average Bonchev–Trinajstić information content (AvgIpc) is 3.32. The summed E-state index contributed by atoms with van der Waals surface area (Å²) in [4.78, 5) is 18.0. The molecule has 3 heterocycles. The van der Waals surface area contributed by atoms with E-state index < -0.39 is 0 Å². The molecule has 3 nitrogen and oxygen atoms in total. The maximum Gasteiger partial charge on any atom is 0.267 e. The number of thioether (sulfide) groups is 2. The van der Waals surface area contributed by atoms with Crippen molar-refractivity contribution in [3.8, 4) is 10.6 Å². The maximum atomic E-state index is 12.8. The summed E-state index contributed by atoms with van der Waals surface area (Å²) in [5.41, 5.74) is 3.99. The van der Waals surface area contributed by atoms with E-state index in [4.69, 9.17) is 0 Å². The van der Waals surface area contributed by atoms with Crippen LogP contribution in [0.3, 0.4) is 0 Å². The van der Waals surface area contributed by atoms with E-state index in [0.717, 1.165) is 22.0 Å². The number of thiazole rings is 1. The van der Waals surface area contributed by atoms with E-state index >= 15 is 0 Å². The van der Waals surface area contributed by atoms with Crippen molar-refractivity contribution in [1.29, 1.82) is 0 Å². The Morgan fingerprint density at radius 2 is 2.08 bits per heavy atom. The number of amides is 1. The fourth-order valence-electron chi connectivity index (χ4n) is 2.75. The summed E-state index contributed by atoms with van der Waals surface area (Å²) in [6, 6.07) is 10.3. The topological polar surface area (TPSA) is 42.0 Å². The maximum absolute atomic E-state index is 12.8. The molecule has 1 fully saturated rings. The van der Waals surface area contributed by atoms with E-state index in [0.29, 0.717) is 9.46 Å². The van der Waals surface area contributed by atoms with Gasteiger partial charge in [-0.3, -0.25) is 4.79 Å². The molecular formula is C19H18N2OS4. The van der Waals surface area contributed by atoms with Gasteiger partial charge in [0.1, 0.15) is 9.88 Å². The van der Waals surface area contributed by atoms with E-state index in [-0.39, 0.29) is 5.91 Å². The number of carbonyl (C=O) groups is 1. The molecule has 7 heteroatoms. The van der Waals surface area contributed by atoms with E-state index in [1.54, 1.807) is 11.3 Å². The molecule has 0 atom stereocenters. The minimum absolute atomic E-state index is 0.0809. The third-order valence-electron chi connectivity index (χ3n) is 4.01. The fraction of sp³-hybridized carbons (Fsp3) is 0.263. The van der Waals surface area contributed by atoms with Crippen LogP contribution < -0.4 is 5.32 Å². The van der Waals surface area contributed by atoms with Crippen molar-refractivity contribution in [1.82, 2.24) is 4.98 Å². The Bertz CT molecular complexity index is 898. The molecule has 1 aliphatic heterocycles. The summed E-state index contributed by atoms with van der Waals surface area (Å²) in [6.07, 6.45) is 1.28. The van der Waals surface area contributed by atoms with Crippen LogP contribution in [-0.4, -0.2) is 22.4 Å². The molecular weight excluding hydrogens is 400 g/mol. The van der Waals surface area contributed by atoms with Gasteiger partial charge >= 0.3 is 0 Å². The fourth-order valence-corrected chi connectivity index (χ4v) is 7.29. The van der Waals surface area contributed by atoms with Crippen molar-refractivity contribution in [2.75, 3.05) is 16.8 Å². The number of nitrogens with zero attached hydrogens (tertiary/aromatic N) is 1. The average molecular weight is 419 g/mol. The van der Waals surface area contributed by atoms with Crippen LogP contribution in [-0.2, 0) is 0 Å². The molecule has 1 aromatic carbocycles. The first-order chi connectivity index (χ1) is 12.7. The molecule has 2 aromatic heterocycles. The van der Waals surface area contributed by atoms with Gasteiger partial charge in [0.15, 0.2) is 0 Å². The van der Waals surface area contributed by atoms with Gasteiger partial charge in [-0.25, -0.2) is 4.98 Å². The summed E-state index contributed by atoms with van der Waals surface area (Å²) >= 11 is 7.07. The Hall–Kier alpha value is -1.28. The van der Waals surface area contributed by atoms with Gasteiger partial charge in [0, 0.05) is 16.6 Å². The van der Waals surface area contributed by atoms with Crippen molar-refractivity contribution in [3.05, 3.63) is 57.2 Å². The number of benzene rings is 1. The first-order valence-electron chi connectivity index (χ1n) is 8.35. The zero-order valence-electron chi connectivity index (χ0n) is 14.2. The quantitative estimate of drug-likeness (QED) is 0.540. The largest absolute Gasteiger partial charge is 0.321 e. The highest BCUT2D eigenvalue weighted by Gasteiger charge is 2.19. The Balaban J connectivity index is 1.51. The van der Waals surface area contributed by atoms with Crippen molar-refractivity contribution in [3.63, 3.8) is 0 Å². The molecule has 1 aliphatic rings. The Morgan fingerprint density at radius 3 is 2.85 bits per heavy atom. The van der Waals surface area contributed by atoms with Crippen LogP contribution >= 0.6 is 46.2 Å². The first kappa shape index (κ1) is 18.1. The smallest absolute Gasteiger partial charge is 0.267 e. The molecule has 0 unspecified atom stereocenters. The normalized spacial score (nSPS) is 15.1. The monoisotopic (exact) mass is 418 g/mol. The molecule has 26 heavy (non-hydrogen) atoms. The van der Waals surface area contributed by atoms with Gasteiger partial charge in [0.2, 0.25) is 0 Å². The van der Waals surface area contributed by atoms with Crippen LogP contribution in [0.15, 0.2) is 41.1 Å². The predicted octanol–water partition coefficient (Wildman–Crippen LogP) is 6.30. The second kappa shape index (κ2) is 8.17. The number of carbonyl (C=O) groups excluding carboxylic acids is 1. The lowest BCUT2D eigenvalue weighted by molar-refractivity contribution is 0.103. The molecule has 4 rings (SSSR count). The number of aryl methyl sites for hydroxylation is 1. The van der Waals surface area contributed by atoms with Crippen molar-refractivity contribution >= 4 is 57.8 Å². The molecule has 0 saturated carbocycles. The molecule has 0 radical (unpaired) electrons. The van der Waals surface area contributed by atoms with E-state index in [9.17, 15) is 4.79 Å². The minimum atomic E-state index is -0.0809. The van der Waals surface area contributed by atoms with Gasteiger partial charge in [-0.1, -0.05) is 12.1 Å². The third kappa shape index (κ3) is 4.01. The van der Waals surface area contributed by atoms with Crippen LogP contribution in [0.4, 0.5) is 5.69 Å². The van der Waals surface area contributed by atoms with Crippen LogP contribution in [0.2, 0.25) is 0 Å². The van der Waals surface area contributed by atoms with Crippen LogP contribution in [0, 0.1) is 6.92 Å².